The monoisotopic (exact) mass is 479 g/mol. The zero-order valence-electron chi connectivity index (χ0n) is 20.6. The Morgan fingerprint density at radius 2 is 1.48 bits per heavy atom. The lowest BCUT2D eigenvalue weighted by molar-refractivity contribution is -0.149. The van der Waals surface area contributed by atoms with Crippen LogP contribution in [0.3, 0.4) is 0 Å². The smallest absolute Gasteiger partial charge is 0.327 e. The molecule has 1 aliphatic rings. The molecule has 7 heteroatoms. The number of hydrogen-bond acceptors (Lipinski definition) is 4. The summed E-state index contributed by atoms with van der Waals surface area (Å²) in [5.41, 5.74) is 4.01. The van der Waals surface area contributed by atoms with Crippen LogP contribution in [0.15, 0.2) is 34.9 Å². The highest BCUT2D eigenvalue weighted by Crippen LogP contribution is 2.30. The molecule has 0 spiro atoms. The lowest BCUT2D eigenvalue weighted by Crippen LogP contribution is -2.48. The van der Waals surface area contributed by atoms with Crippen molar-refractivity contribution < 1.29 is 24.6 Å². The summed E-state index contributed by atoms with van der Waals surface area (Å²) < 4.78 is 0. The molecule has 0 aliphatic heterocycles. The topological polar surface area (TPSA) is 104 Å². The fraction of sp³-hybridized carbons (Fsp3) is 0.654. The van der Waals surface area contributed by atoms with Crippen molar-refractivity contribution in [1.82, 2.24) is 5.32 Å². The molecule has 1 aliphatic carbocycles. The van der Waals surface area contributed by atoms with Crippen LogP contribution in [0.1, 0.15) is 79.1 Å². The Bertz CT molecular complexity index is 752. The fourth-order valence-electron chi connectivity index (χ4n) is 3.92. The summed E-state index contributed by atoms with van der Waals surface area (Å²) in [6.45, 7) is 8.48. The van der Waals surface area contributed by atoms with Crippen LogP contribution in [-0.2, 0) is 14.4 Å². The second-order valence-electron chi connectivity index (χ2n) is 9.23. The average molecular weight is 480 g/mol. The standard InChI is InChI=1S/C26H41NO5S/c1-18(2)9-7-10-19(3)11-8-12-20(4)15-16-33-17-23(26(31)32)27-24(28)21-13-5-6-14-22(21)25(29)30/h9,11,15,21-23H,5-8,10,12-14,16-17H2,1-4H3,(H,27,28)(H,29,30)(H,31,32)/b19-11+,20-15+/t21?,22?,23-/m0/s1. The maximum Gasteiger partial charge on any atom is 0.327 e. The van der Waals surface area contributed by atoms with Gasteiger partial charge in [-0.05, 0) is 66.2 Å². The third kappa shape index (κ3) is 12.1. The highest BCUT2D eigenvalue weighted by atomic mass is 32.2. The molecule has 33 heavy (non-hydrogen) atoms. The van der Waals surface area contributed by atoms with Gasteiger partial charge in [0, 0.05) is 11.5 Å². The van der Waals surface area contributed by atoms with Crippen molar-refractivity contribution in [2.45, 2.75) is 85.1 Å². The van der Waals surface area contributed by atoms with Crippen LogP contribution in [0.2, 0.25) is 0 Å². The summed E-state index contributed by atoms with van der Waals surface area (Å²) in [7, 11) is 0. The number of thioether (sulfide) groups is 1. The lowest BCUT2D eigenvalue weighted by Gasteiger charge is -2.28. The predicted octanol–water partition coefficient (Wildman–Crippen LogP) is 5.60. The SMILES string of the molecule is CC(C)=CCC/C(C)=C/CC/C(C)=C/CSC[C@H](NC(=O)C1CCCCC1C(=O)O)C(=O)O. The molecule has 0 radical (unpaired) electrons. The Balaban J connectivity index is 2.43. The first-order valence-electron chi connectivity index (χ1n) is 11.9. The highest BCUT2D eigenvalue weighted by Gasteiger charge is 2.37. The molecule has 3 N–H and O–H groups in total. The minimum atomic E-state index is -1.09. The first kappa shape index (κ1) is 29.0. The number of rotatable bonds is 14. The molecule has 2 unspecified atom stereocenters. The van der Waals surface area contributed by atoms with Crippen LogP contribution in [-0.4, -0.2) is 45.6 Å². The van der Waals surface area contributed by atoms with Crippen LogP contribution >= 0.6 is 11.8 Å². The van der Waals surface area contributed by atoms with E-state index in [1.54, 1.807) is 0 Å². The number of hydrogen-bond donors (Lipinski definition) is 3. The summed E-state index contributed by atoms with van der Waals surface area (Å²) in [5, 5.41) is 21.4. The molecule has 0 aromatic carbocycles. The van der Waals surface area contributed by atoms with Crippen LogP contribution in [0.25, 0.3) is 0 Å². The molecule has 0 aromatic rings. The number of aliphatic carboxylic acids is 2. The van der Waals surface area contributed by atoms with Gasteiger partial charge in [0.25, 0.3) is 0 Å². The van der Waals surface area contributed by atoms with Crippen molar-refractivity contribution in [1.29, 1.82) is 0 Å². The largest absolute Gasteiger partial charge is 0.481 e. The van der Waals surface area contributed by atoms with E-state index in [-0.39, 0.29) is 5.75 Å². The molecule has 0 bridgehead atoms. The second kappa shape index (κ2) is 15.8. The van der Waals surface area contributed by atoms with E-state index in [4.69, 9.17) is 0 Å². The minimum absolute atomic E-state index is 0.249. The van der Waals surface area contributed by atoms with E-state index in [1.165, 1.54) is 28.5 Å². The maximum atomic E-state index is 12.6. The molecular weight excluding hydrogens is 438 g/mol. The molecule has 6 nitrogen and oxygen atoms in total. The Morgan fingerprint density at radius 3 is 2.06 bits per heavy atom. The molecule has 1 rings (SSSR count). The number of carbonyl (C=O) groups is 3. The van der Waals surface area contributed by atoms with Gasteiger partial charge in [0.15, 0.2) is 0 Å². The van der Waals surface area contributed by atoms with Gasteiger partial charge in [0.1, 0.15) is 6.04 Å². The zero-order chi connectivity index (χ0) is 24.8. The predicted molar refractivity (Wildman–Crippen MR) is 135 cm³/mol. The van der Waals surface area contributed by atoms with Crippen molar-refractivity contribution in [2.24, 2.45) is 11.8 Å². The molecule has 1 amide bonds. The van der Waals surface area contributed by atoms with Crippen LogP contribution in [0, 0.1) is 11.8 Å². The van der Waals surface area contributed by atoms with E-state index < -0.39 is 35.7 Å². The molecule has 186 valence electrons. The lowest BCUT2D eigenvalue weighted by atomic mass is 9.78. The number of carboxylic acids is 2. The third-order valence-corrected chi connectivity index (χ3v) is 6.96. The van der Waals surface area contributed by atoms with Gasteiger partial charge >= 0.3 is 11.9 Å². The van der Waals surface area contributed by atoms with E-state index in [1.807, 2.05) is 0 Å². The normalized spacial score (nSPS) is 20.1. The van der Waals surface area contributed by atoms with Crippen molar-refractivity contribution in [3.63, 3.8) is 0 Å². The number of allylic oxidation sites excluding steroid dienone is 5. The molecule has 0 saturated heterocycles. The Labute approximate surface area is 203 Å². The number of nitrogens with one attached hydrogen (secondary N) is 1. The van der Waals surface area contributed by atoms with Crippen molar-refractivity contribution in [2.75, 3.05) is 11.5 Å². The number of carboxylic acid groups (broad SMARTS) is 2. The van der Waals surface area contributed by atoms with Gasteiger partial charge in [-0.3, -0.25) is 9.59 Å². The fourth-order valence-corrected chi connectivity index (χ4v) is 4.92. The highest BCUT2D eigenvalue weighted by molar-refractivity contribution is 7.99. The molecule has 3 atom stereocenters. The molecule has 0 heterocycles. The summed E-state index contributed by atoms with van der Waals surface area (Å²) in [5.74, 6) is -2.97. The third-order valence-electron chi connectivity index (χ3n) is 5.99. The molecule has 1 saturated carbocycles. The van der Waals surface area contributed by atoms with Gasteiger partial charge < -0.3 is 15.5 Å². The summed E-state index contributed by atoms with van der Waals surface area (Å²) in [6, 6.07) is -1.01. The van der Waals surface area contributed by atoms with E-state index in [0.717, 1.165) is 38.5 Å². The molecule has 0 aromatic heterocycles. The Morgan fingerprint density at radius 1 is 0.909 bits per heavy atom. The van der Waals surface area contributed by atoms with Crippen molar-refractivity contribution in [3.8, 4) is 0 Å². The Kier molecular flexibility index (Phi) is 13.8. The second-order valence-corrected chi connectivity index (χ2v) is 10.3. The summed E-state index contributed by atoms with van der Waals surface area (Å²) in [4.78, 5) is 35.6. The Hall–Kier alpha value is -2.02. The van der Waals surface area contributed by atoms with Crippen molar-refractivity contribution in [3.05, 3.63) is 34.9 Å². The minimum Gasteiger partial charge on any atom is -0.481 e. The number of carbonyl (C=O) groups excluding carboxylic acids is 1. The van der Waals surface area contributed by atoms with Gasteiger partial charge in [0.2, 0.25) is 5.91 Å². The van der Waals surface area contributed by atoms with Gasteiger partial charge in [-0.2, -0.15) is 11.8 Å². The zero-order valence-corrected chi connectivity index (χ0v) is 21.4. The first-order chi connectivity index (χ1) is 15.6. The van der Waals surface area contributed by atoms with Crippen LogP contribution in [0.4, 0.5) is 0 Å². The van der Waals surface area contributed by atoms with Gasteiger partial charge in [-0.15, -0.1) is 0 Å². The quantitative estimate of drug-likeness (QED) is 0.221. The summed E-state index contributed by atoms with van der Waals surface area (Å²) >= 11 is 1.46. The van der Waals surface area contributed by atoms with Crippen molar-refractivity contribution >= 4 is 29.6 Å². The number of amides is 1. The molecular formula is C26H41NO5S. The van der Waals surface area contributed by atoms with E-state index in [2.05, 4.69) is 51.2 Å². The van der Waals surface area contributed by atoms with Crippen LogP contribution in [0.5, 0.6) is 0 Å². The maximum absolute atomic E-state index is 12.6. The van der Waals surface area contributed by atoms with Gasteiger partial charge in [0.05, 0.1) is 11.8 Å². The average Bonchev–Trinajstić information content (AvgIpc) is 2.75. The van der Waals surface area contributed by atoms with Gasteiger partial charge in [-0.1, -0.05) is 47.8 Å². The van der Waals surface area contributed by atoms with Crippen LogP contribution < -0.4 is 5.32 Å². The van der Waals surface area contributed by atoms with E-state index >= 15 is 0 Å². The van der Waals surface area contributed by atoms with E-state index in [9.17, 15) is 24.6 Å². The summed E-state index contributed by atoms with van der Waals surface area (Å²) in [6.07, 6.45) is 13.3. The van der Waals surface area contributed by atoms with Gasteiger partial charge in [-0.25, -0.2) is 4.79 Å². The van der Waals surface area contributed by atoms with E-state index in [0.29, 0.717) is 18.6 Å². The molecule has 1 fully saturated rings. The first-order valence-corrected chi connectivity index (χ1v) is 13.1.